The van der Waals surface area contributed by atoms with Crippen molar-refractivity contribution >= 4 is 55.2 Å². The van der Waals surface area contributed by atoms with Crippen LogP contribution in [-0.4, -0.2) is 24.1 Å². The zero-order valence-electron chi connectivity index (χ0n) is 20.7. The Morgan fingerprint density at radius 1 is 0.410 bits per heavy atom. The third-order valence-electron chi connectivity index (χ3n) is 7.35. The number of hydrogen-bond donors (Lipinski definition) is 0. The molecule has 5 nitrogen and oxygen atoms in total. The first-order valence-corrected chi connectivity index (χ1v) is 13.1. The van der Waals surface area contributed by atoms with Crippen molar-refractivity contribution in [2.24, 2.45) is 0 Å². The molecule has 0 aliphatic rings. The predicted molar refractivity (Wildman–Crippen MR) is 159 cm³/mol. The number of hydrogen-bond acceptors (Lipinski definition) is 3. The highest BCUT2D eigenvalue weighted by Crippen LogP contribution is 2.35. The highest BCUT2D eigenvalue weighted by atomic mass is 35.5. The molecule has 0 atom stereocenters. The summed E-state index contributed by atoms with van der Waals surface area (Å²) in [5, 5.41) is 4.66. The third kappa shape index (κ3) is 3.37. The highest BCUT2D eigenvalue weighted by Gasteiger charge is 2.19. The summed E-state index contributed by atoms with van der Waals surface area (Å²) in [6, 6.07) is 41.8. The fourth-order valence-corrected chi connectivity index (χ4v) is 5.81. The van der Waals surface area contributed by atoms with Crippen LogP contribution in [0.5, 0.6) is 0 Å². The molecule has 0 aliphatic heterocycles. The Hall–Kier alpha value is -5.00. The summed E-state index contributed by atoms with van der Waals surface area (Å²) >= 11 is 6.63. The number of rotatable bonds is 3. The summed E-state index contributed by atoms with van der Waals surface area (Å²) in [6.07, 6.45) is 0. The van der Waals surface area contributed by atoms with Crippen molar-refractivity contribution in [1.29, 1.82) is 0 Å². The van der Waals surface area contributed by atoms with Gasteiger partial charge in [-0.3, -0.25) is 9.13 Å². The smallest absolute Gasteiger partial charge is 0.240 e. The quantitative estimate of drug-likeness (QED) is 0.234. The molecule has 5 aromatic carbocycles. The van der Waals surface area contributed by atoms with Gasteiger partial charge in [-0.25, -0.2) is 0 Å². The Morgan fingerprint density at radius 2 is 0.872 bits per heavy atom. The molecule has 39 heavy (non-hydrogen) atoms. The third-order valence-corrected chi connectivity index (χ3v) is 7.51. The maximum atomic E-state index is 6.63. The van der Waals surface area contributed by atoms with Crippen molar-refractivity contribution in [3.05, 3.63) is 127 Å². The lowest BCUT2D eigenvalue weighted by atomic mass is 10.0. The van der Waals surface area contributed by atoms with Gasteiger partial charge in [-0.1, -0.05) is 97.1 Å². The minimum Gasteiger partial charge on any atom is -0.278 e. The Kier molecular flexibility index (Phi) is 4.81. The van der Waals surface area contributed by atoms with Gasteiger partial charge in [-0.15, -0.1) is 0 Å². The Bertz CT molecular complexity index is 2140. The first-order chi connectivity index (χ1) is 19.3. The lowest BCUT2D eigenvalue weighted by molar-refractivity contribution is 0.887. The molecule has 8 rings (SSSR count). The van der Waals surface area contributed by atoms with Crippen molar-refractivity contribution < 1.29 is 0 Å². The van der Waals surface area contributed by atoms with E-state index < -0.39 is 0 Å². The fraction of sp³-hybridized carbons (Fsp3) is 0. The summed E-state index contributed by atoms with van der Waals surface area (Å²) in [5.41, 5.74) is 6.31. The second-order valence-corrected chi connectivity index (χ2v) is 9.86. The lowest BCUT2D eigenvalue weighted by Gasteiger charge is -2.11. The van der Waals surface area contributed by atoms with Crippen LogP contribution < -0.4 is 0 Å². The van der Waals surface area contributed by atoms with Gasteiger partial charge in [0.1, 0.15) is 0 Å². The van der Waals surface area contributed by atoms with Gasteiger partial charge >= 0.3 is 0 Å². The van der Waals surface area contributed by atoms with Crippen LogP contribution in [-0.2, 0) is 0 Å². The number of halogens is 1. The molecular formula is C33H20ClN5. The molecule has 0 radical (unpaired) electrons. The molecule has 3 aromatic heterocycles. The molecular weight excluding hydrogens is 502 g/mol. The van der Waals surface area contributed by atoms with E-state index in [1.165, 1.54) is 0 Å². The molecule has 0 N–H and O–H groups in total. The predicted octanol–water partition coefficient (Wildman–Crippen LogP) is 8.39. The average molecular weight is 522 g/mol. The van der Waals surface area contributed by atoms with E-state index in [4.69, 9.17) is 16.6 Å². The zero-order chi connectivity index (χ0) is 25.9. The molecule has 0 saturated heterocycles. The normalized spacial score (nSPS) is 11.7. The standard InChI is InChI=1S/C33H20ClN5/c34-31-35-32(38-27-15-7-4-12-23(27)24-13-5-8-16-28(24)38)37-33(36-31)39-29-17-9-6-14-25(29)26-19-18-22(20-30(26)39)21-10-2-1-3-11-21/h1-20H. The van der Waals surface area contributed by atoms with Gasteiger partial charge in [0, 0.05) is 21.5 Å². The van der Waals surface area contributed by atoms with Gasteiger partial charge in [0.2, 0.25) is 17.2 Å². The minimum absolute atomic E-state index is 0.141. The van der Waals surface area contributed by atoms with Crippen LogP contribution in [0.2, 0.25) is 5.28 Å². The van der Waals surface area contributed by atoms with E-state index in [0.29, 0.717) is 11.9 Å². The average Bonchev–Trinajstić information content (AvgIpc) is 3.50. The summed E-state index contributed by atoms with van der Waals surface area (Å²) in [7, 11) is 0. The van der Waals surface area contributed by atoms with Crippen LogP contribution in [0.3, 0.4) is 0 Å². The maximum Gasteiger partial charge on any atom is 0.240 e. The molecule has 184 valence electrons. The first kappa shape index (κ1) is 22.0. The van der Waals surface area contributed by atoms with Crippen LogP contribution in [0, 0.1) is 0 Å². The lowest BCUT2D eigenvalue weighted by Crippen LogP contribution is -2.09. The largest absolute Gasteiger partial charge is 0.278 e. The molecule has 6 heteroatoms. The topological polar surface area (TPSA) is 48.5 Å². The summed E-state index contributed by atoms with van der Waals surface area (Å²) in [4.78, 5) is 14.3. The highest BCUT2D eigenvalue weighted by molar-refractivity contribution is 6.28. The monoisotopic (exact) mass is 521 g/mol. The van der Waals surface area contributed by atoms with E-state index in [0.717, 1.165) is 54.7 Å². The molecule has 0 fully saturated rings. The van der Waals surface area contributed by atoms with Gasteiger partial charge < -0.3 is 0 Å². The molecule has 0 aliphatic carbocycles. The number of para-hydroxylation sites is 3. The zero-order valence-corrected chi connectivity index (χ0v) is 21.4. The first-order valence-electron chi connectivity index (χ1n) is 12.8. The molecule has 0 bridgehead atoms. The van der Waals surface area contributed by atoms with E-state index >= 15 is 0 Å². The number of aromatic nitrogens is 5. The minimum atomic E-state index is 0.141. The van der Waals surface area contributed by atoms with Gasteiger partial charge in [-0.05, 0) is 47.0 Å². The fourth-order valence-electron chi connectivity index (χ4n) is 5.66. The van der Waals surface area contributed by atoms with E-state index in [-0.39, 0.29) is 5.28 Å². The summed E-state index contributed by atoms with van der Waals surface area (Å²) < 4.78 is 4.15. The number of nitrogens with zero attached hydrogens (tertiary/aromatic N) is 5. The van der Waals surface area contributed by atoms with E-state index in [2.05, 4.69) is 104 Å². The van der Waals surface area contributed by atoms with Crippen molar-refractivity contribution in [2.45, 2.75) is 0 Å². The molecule has 0 unspecified atom stereocenters. The van der Waals surface area contributed by atoms with Gasteiger partial charge in [0.05, 0.1) is 22.1 Å². The van der Waals surface area contributed by atoms with E-state index in [1.54, 1.807) is 0 Å². The van der Waals surface area contributed by atoms with Gasteiger partial charge in [-0.2, -0.15) is 15.0 Å². The van der Waals surface area contributed by atoms with Gasteiger partial charge in [0.15, 0.2) is 0 Å². The molecule has 3 heterocycles. The number of fused-ring (bicyclic) bond motifs is 6. The van der Waals surface area contributed by atoms with E-state index in [1.807, 2.05) is 36.4 Å². The molecule has 0 spiro atoms. The van der Waals surface area contributed by atoms with Crippen molar-refractivity contribution in [2.75, 3.05) is 0 Å². The second kappa shape index (κ2) is 8.51. The van der Waals surface area contributed by atoms with Crippen LogP contribution in [0.1, 0.15) is 0 Å². The SMILES string of the molecule is Clc1nc(-n2c3ccccc3c3ccccc32)nc(-n2c3ccccc3c3ccc(-c4ccccc4)cc32)n1. The number of benzene rings is 5. The van der Waals surface area contributed by atoms with Crippen molar-refractivity contribution in [3.8, 4) is 23.0 Å². The Morgan fingerprint density at radius 3 is 1.44 bits per heavy atom. The molecule has 8 aromatic rings. The maximum absolute atomic E-state index is 6.63. The van der Waals surface area contributed by atoms with Crippen LogP contribution in [0.25, 0.3) is 66.6 Å². The second-order valence-electron chi connectivity index (χ2n) is 9.52. The van der Waals surface area contributed by atoms with Crippen molar-refractivity contribution in [1.82, 2.24) is 24.1 Å². The summed E-state index contributed by atoms with van der Waals surface area (Å²) in [6.45, 7) is 0. The summed E-state index contributed by atoms with van der Waals surface area (Å²) in [5.74, 6) is 0.954. The van der Waals surface area contributed by atoms with Crippen LogP contribution in [0.4, 0.5) is 0 Å². The van der Waals surface area contributed by atoms with Crippen LogP contribution >= 0.6 is 11.6 Å². The Labute approximate surface area is 228 Å². The van der Waals surface area contributed by atoms with Crippen LogP contribution in [0.15, 0.2) is 121 Å². The van der Waals surface area contributed by atoms with Crippen molar-refractivity contribution in [3.63, 3.8) is 0 Å². The Balaban J connectivity index is 1.44. The molecule has 0 saturated carbocycles. The van der Waals surface area contributed by atoms with Gasteiger partial charge in [0.25, 0.3) is 0 Å². The molecule has 0 amide bonds. The van der Waals surface area contributed by atoms with E-state index in [9.17, 15) is 0 Å².